The third kappa shape index (κ3) is 4.48. The van der Waals surface area contributed by atoms with E-state index in [0.29, 0.717) is 13.2 Å². The van der Waals surface area contributed by atoms with Crippen molar-refractivity contribution in [2.24, 2.45) is 5.73 Å². The molecule has 0 unspecified atom stereocenters. The molecule has 3 nitrogen and oxygen atoms in total. The first kappa shape index (κ1) is 15.9. The first-order valence-corrected chi connectivity index (χ1v) is 7.77. The van der Waals surface area contributed by atoms with Crippen molar-refractivity contribution in [2.45, 2.75) is 19.4 Å². The zero-order valence-corrected chi connectivity index (χ0v) is 13.7. The lowest BCUT2D eigenvalue weighted by Crippen LogP contribution is -2.02. The van der Waals surface area contributed by atoms with E-state index in [1.54, 1.807) is 7.11 Å². The molecule has 0 saturated heterocycles. The Labute approximate surface area is 134 Å². The highest BCUT2D eigenvalue weighted by Gasteiger charge is 2.07. The molecule has 112 valence electrons. The molecular formula is C17H20BrNO2. The van der Waals surface area contributed by atoms with Gasteiger partial charge in [0.2, 0.25) is 0 Å². The van der Waals surface area contributed by atoms with Crippen molar-refractivity contribution in [3.63, 3.8) is 0 Å². The summed E-state index contributed by atoms with van der Waals surface area (Å²) in [5.74, 6) is 1.52. The second-order valence-electron chi connectivity index (χ2n) is 4.76. The summed E-state index contributed by atoms with van der Waals surface area (Å²) >= 11 is 3.52. The maximum absolute atomic E-state index is 5.87. The highest BCUT2D eigenvalue weighted by molar-refractivity contribution is 9.10. The van der Waals surface area contributed by atoms with Gasteiger partial charge in [0.1, 0.15) is 6.61 Å². The fraction of sp³-hybridized carbons (Fsp3) is 0.294. The molecule has 21 heavy (non-hydrogen) atoms. The van der Waals surface area contributed by atoms with Crippen LogP contribution in [0.25, 0.3) is 0 Å². The maximum atomic E-state index is 5.87. The first-order chi connectivity index (χ1) is 10.2. The maximum Gasteiger partial charge on any atom is 0.161 e. The Balaban J connectivity index is 2.07. The van der Waals surface area contributed by atoms with E-state index in [1.165, 1.54) is 5.56 Å². The van der Waals surface area contributed by atoms with E-state index in [2.05, 4.69) is 22.0 Å². The Morgan fingerprint density at radius 2 is 1.90 bits per heavy atom. The van der Waals surface area contributed by atoms with Crippen LogP contribution in [-0.2, 0) is 13.0 Å². The molecule has 0 amide bonds. The van der Waals surface area contributed by atoms with Crippen molar-refractivity contribution in [1.82, 2.24) is 0 Å². The Morgan fingerprint density at radius 3 is 2.62 bits per heavy atom. The predicted molar refractivity (Wildman–Crippen MR) is 88.8 cm³/mol. The van der Waals surface area contributed by atoms with Gasteiger partial charge in [0.25, 0.3) is 0 Å². The molecule has 0 fully saturated rings. The first-order valence-electron chi connectivity index (χ1n) is 6.97. The Morgan fingerprint density at radius 1 is 1.10 bits per heavy atom. The van der Waals surface area contributed by atoms with Gasteiger partial charge in [-0.3, -0.25) is 0 Å². The number of nitrogens with two attached hydrogens (primary N) is 1. The van der Waals surface area contributed by atoms with Gasteiger partial charge in [-0.1, -0.05) is 40.2 Å². The van der Waals surface area contributed by atoms with Crippen LogP contribution in [0, 0.1) is 0 Å². The number of methoxy groups -OCH3 is 1. The van der Waals surface area contributed by atoms with Crippen molar-refractivity contribution in [2.75, 3.05) is 13.7 Å². The standard InChI is InChI=1S/C17H20BrNO2/c1-20-17-11-13(5-4-10-19)8-9-16(17)21-12-14-6-2-3-7-15(14)18/h2-3,6-9,11H,4-5,10,12,19H2,1H3. The van der Waals surface area contributed by atoms with Crippen LogP contribution in [0.3, 0.4) is 0 Å². The molecule has 0 spiro atoms. The van der Waals surface area contributed by atoms with Gasteiger partial charge in [-0.15, -0.1) is 0 Å². The third-order valence-electron chi connectivity index (χ3n) is 3.24. The second-order valence-corrected chi connectivity index (χ2v) is 5.61. The summed E-state index contributed by atoms with van der Waals surface area (Å²) in [6.07, 6.45) is 1.93. The molecule has 0 saturated carbocycles. The highest BCUT2D eigenvalue weighted by Crippen LogP contribution is 2.30. The lowest BCUT2D eigenvalue weighted by atomic mass is 10.1. The lowest BCUT2D eigenvalue weighted by Gasteiger charge is -2.13. The SMILES string of the molecule is COc1cc(CCCN)ccc1OCc1ccccc1Br. The van der Waals surface area contributed by atoms with Gasteiger partial charge in [-0.2, -0.15) is 0 Å². The average molecular weight is 350 g/mol. The zero-order chi connectivity index (χ0) is 15.1. The molecule has 0 aliphatic carbocycles. The number of rotatable bonds is 7. The van der Waals surface area contributed by atoms with E-state index < -0.39 is 0 Å². The normalized spacial score (nSPS) is 10.4. The van der Waals surface area contributed by atoms with E-state index >= 15 is 0 Å². The summed E-state index contributed by atoms with van der Waals surface area (Å²) < 4.78 is 12.3. The highest BCUT2D eigenvalue weighted by atomic mass is 79.9. The van der Waals surface area contributed by atoms with Gasteiger partial charge >= 0.3 is 0 Å². The minimum Gasteiger partial charge on any atom is -0.493 e. The van der Waals surface area contributed by atoms with E-state index in [-0.39, 0.29) is 0 Å². The van der Waals surface area contributed by atoms with Crippen molar-refractivity contribution in [3.8, 4) is 11.5 Å². The van der Waals surface area contributed by atoms with E-state index in [1.807, 2.05) is 36.4 Å². The van der Waals surface area contributed by atoms with Gasteiger partial charge in [-0.25, -0.2) is 0 Å². The average Bonchev–Trinajstić information content (AvgIpc) is 2.52. The molecule has 0 aliphatic rings. The molecule has 2 rings (SSSR count). The van der Waals surface area contributed by atoms with Gasteiger partial charge in [0.05, 0.1) is 7.11 Å². The van der Waals surface area contributed by atoms with Crippen LogP contribution in [0.2, 0.25) is 0 Å². The third-order valence-corrected chi connectivity index (χ3v) is 4.01. The smallest absolute Gasteiger partial charge is 0.161 e. The number of aryl methyl sites for hydroxylation is 1. The van der Waals surface area contributed by atoms with Crippen LogP contribution < -0.4 is 15.2 Å². The molecule has 0 aromatic heterocycles. The Hall–Kier alpha value is -1.52. The molecule has 0 bridgehead atoms. The monoisotopic (exact) mass is 349 g/mol. The molecule has 2 aromatic carbocycles. The Bertz CT molecular complexity index is 587. The molecule has 0 radical (unpaired) electrons. The number of hydrogen-bond donors (Lipinski definition) is 1. The summed E-state index contributed by atoms with van der Waals surface area (Å²) in [5.41, 5.74) is 7.86. The predicted octanol–water partition coefficient (Wildman–Crippen LogP) is 3.93. The molecule has 2 N–H and O–H groups in total. The van der Waals surface area contributed by atoms with Crippen LogP contribution in [0.1, 0.15) is 17.5 Å². The molecule has 2 aromatic rings. The van der Waals surface area contributed by atoms with Crippen LogP contribution in [0.15, 0.2) is 46.9 Å². The minimum atomic E-state index is 0.500. The minimum absolute atomic E-state index is 0.500. The number of halogens is 1. The van der Waals surface area contributed by atoms with Crippen molar-refractivity contribution in [1.29, 1.82) is 0 Å². The van der Waals surface area contributed by atoms with Crippen LogP contribution in [0.4, 0.5) is 0 Å². The van der Waals surface area contributed by atoms with Gasteiger partial charge in [-0.05, 0) is 43.1 Å². The van der Waals surface area contributed by atoms with Crippen molar-refractivity contribution in [3.05, 3.63) is 58.1 Å². The van der Waals surface area contributed by atoms with Gasteiger partial charge in [0.15, 0.2) is 11.5 Å². The molecule has 0 aliphatic heterocycles. The largest absolute Gasteiger partial charge is 0.493 e. The topological polar surface area (TPSA) is 44.5 Å². The number of ether oxygens (including phenoxy) is 2. The fourth-order valence-corrected chi connectivity index (χ4v) is 2.46. The number of hydrogen-bond acceptors (Lipinski definition) is 3. The quantitative estimate of drug-likeness (QED) is 0.823. The summed E-state index contributed by atoms with van der Waals surface area (Å²) in [6.45, 7) is 1.20. The van der Waals surface area contributed by atoms with Gasteiger partial charge in [0, 0.05) is 10.0 Å². The van der Waals surface area contributed by atoms with E-state index in [9.17, 15) is 0 Å². The van der Waals surface area contributed by atoms with Crippen molar-refractivity contribution < 1.29 is 9.47 Å². The molecule has 0 atom stereocenters. The lowest BCUT2D eigenvalue weighted by molar-refractivity contribution is 0.283. The van der Waals surface area contributed by atoms with E-state index in [0.717, 1.165) is 34.4 Å². The Kier molecular flexibility index (Phi) is 6.08. The molecule has 0 heterocycles. The number of benzene rings is 2. The second kappa shape index (κ2) is 8.05. The zero-order valence-electron chi connectivity index (χ0n) is 12.1. The molecule has 4 heteroatoms. The molecular weight excluding hydrogens is 330 g/mol. The summed E-state index contributed by atoms with van der Waals surface area (Å²) in [7, 11) is 1.66. The van der Waals surface area contributed by atoms with E-state index in [4.69, 9.17) is 15.2 Å². The van der Waals surface area contributed by atoms with Crippen LogP contribution >= 0.6 is 15.9 Å². The van der Waals surface area contributed by atoms with Gasteiger partial charge < -0.3 is 15.2 Å². The fourth-order valence-electron chi connectivity index (χ4n) is 2.06. The summed E-state index contributed by atoms with van der Waals surface area (Å²) in [6, 6.07) is 14.1. The van der Waals surface area contributed by atoms with Crippen molar-refractivity contribution >= 4 is 15.9 Å². The van der Waals surface area contributed by atoms with Crippen LogP contribution in [0.5, 0.6) is 11.5 Å². The summed E-state index contributed by atoms with van der Waals surface area (Å²) in [4.78, 5) is 0. The summed E-state index contributed by atoms with van der Waals surface area (Å²) in [5, 5.41) is 0. The van der Waals surface area contributed by atoms with Crippen LogP contribution in [-0.4, -0.2) is 13.7 Å².